The molecule has 0 aliphatic carbocycles. The Morgan fingerprint density at radius 1 is 1.16 bits per heavy atom. The monoisotopic (exact) mass is 449 g/mol. The van der Waals surface area contributed by atoms with E-state index in [0.29, 0.717) is 11.0 Å². The summed E-state index contributed by atoms with van der Waals surface area (Å²) in [5, 5.41) is 11.4. The van der Waals surface area contributed by atoms with E-state index >= 15 is 0 Å². The first-order valence-electron chi connectivity index (χ1n) is 10.1. The lowest BCUT2D eigenvalue weighted by Crippen LogP contribution is -2.28. The summed E-state index contributed by atoms with van der Waals surface area (Å²) in [6.07, 6.45) is 2.17. The van der Waals surface area contributed by atoms with E-state index in [-0.39, 0.29) is 23.8 Å². The molecule has 0 saturated carbocycles. The second-order valence-electron chi connectivity index (χ2n) is 7.41. The van der Waals surface area contributed by atoms with E-state index in [2.05, 4.69) is 20.7 Å². The Hall–Kier alpha value is -3.78. The molecule has 1 aliphatic heterocycles. The summed E-state index contributed by atoms with van der Waals surface area (Å²) in [5.41, 5.74) is 2.14. The molecule has 2 aromatic carbocycles. The Morgan fingerprint density at radius 3 is 2.59 bits per heavy atom. The predicted octanol–water partition coefficient (Wildman–Crippen LogP) is 4.93. The van der Waals surface area contributed by atoms with E-state index in [0.717, 1.165) is 23.3 Å². The van der Waals surface area contributed by atoms with E-state index in [9.17, 15) is 4.79 Å². The fourth-order valence-electron chi connectivity index (χ4n) is 3.82. The van der Waals surface area contributed by atoms with Crippen LogP contribution in [-0.2, 0) is 0 Å². The van der Waals surface area contributed by atoms with Crippen LogP contribution < -0.4 is 15.4 Å². The van der Waals surface area contributed by atoms with Gasteiger partial charge in [-0.25, -0.2) is 4.68 Å². The Bertz CT molecular complexity index is 1220. The maximum atomic E-state index is 12.4. The van der Waals surface area contributed by atoms with Crippen LogP contribution in [0.1, 0.15) is 40.2 Å². The van der Waals surface area contributed by atoms with Crippen LogP contribution in [0.25, 0.3) is 0 Å². The molecule has 0 saturated heterocycles. The first kappa shape index (κ1) is 20.1. The largest absolute Gasteiger partial charge is 0.497 e. The number of anilines is 2. The van der Waals surface area contributed by atoms with Gasteiger partial charge in [-0.1, -0.05) is 35.9 Å². The second kappa shape index (κ2) is 8.39. The van der Waals surface area contributed by atoms with Crippen LogP contribution in [0.2, 0.25) is 5.02 Å². The molecule has 1 amide bonds. The number of rotatable bonds is 5. The van der Waals surface area contributed by atoms with Gasteiger partial charge in [0.1, 0.15) is 5.75 Å². The Labute approximate surface area is 189 Å². The summed E-state index contributed by atoms with van der Waals surface area (Å²) in [6.45, 7) is 0. The number of benzene rings is 2. The summed E-state index contributed by atoms with van der Waals surface area (Å²) in [5.74, 6) is 1.34. The number of hydrogen-bond donors (Lipinski definition) is 2. The number of amides is 1. The third-order valence-corrected chi connectivity index (χ3v) is 5.68. The zero-order valence-corrected chi connectivity index (χ0v) is 17.9. The average molecular weight is 450 g/mol. The Kier molecular flexibility index (Phi) is 5.28. The van der Waals surface area contributed by atoms with Gasteiger partial charge in [0.15, 0.2) is 5.76 Å². The third-order valence-electron chi connectivity index (χ3n) is 5.43. The lowest BCUT2D eigenvalue weighted by Gasteiger charge is -2.31. The van der Waals surface area contributed by atoms with Gasteiger partial charge in [0.25, 0.3) is 11.9 Å². The minimum absolute atomic E-state index is 0.00749. The minimum Gasteiger partial charge on any atom is -0.497 e. The highest BCUT2D eigenvalue weighted by Crippen LogP contribution is 2.38. The van der Waals surface area contributed by atoms with Crippen molar-refractivity contribution >= 4 is 29.4 Å². The Balaban J connectivity index is 1.48. The summed E-state index contributed by atoms with van der Waals surface area (Å²) < 4.78 is 12.2. The number of methoxy groups -OCH3 is 1. The van der Waals surface area contributed by atoms with E-state index in [1.54, 1.807) is 23.9 Å². The standard InChI is InChI=1S/C23H20ClN5O3/c1-31-17-10-6-14(7-11-17)18-13-19(15-4-8-16(24)9-5-15)29-23(25-18)27-22(28-29)26-21(30)20-3-2-12-32-20/h2-12,18-19H,13H2,1H3,(H2,25,26,27,28,30). The van der Waals surface area contributed by atoms with Crippen molar-refractivity contribution in [2.24, 2.45) is 0 Å². The number of nitrogens with one attached hydrogen (secondary N) is 2. The molecule has 2 aromatic heterocycles. The molecule has 0 spiro atoms. The fourth-order valence-corrected chi connectivity index (χ4v) is 3.94. The van der Waals surface area contributed by atoms with Gasteiger partial charge in [-0.15, -0.1) is 5.10 Å². The zero-order chi connectivity index (χ0) is 22.1. The van der Waals surface area contributed by atoms with Crippen LogP contribution in [-0.4, -0.2) is 27.8 Å². The van der Waals surface area contributed by atoms with Gasteiger partial charge in [-0.05, 0) is 53.9 Å². The third kappa shape index (κ3) is 3.92. The van der Waals surface area contributed by atoms with Crippen LogP contribution in [0.15, 0.2) is 71.3 Å². The zero-order valence-electron chi connectivity index (χ0n) is 17.2. The summed E-state index contributed by atoms with van der Waals surface area (Å²) >= 11 is 6.10. The number of nitrogens with zero attached hydrogens (tertiary/aromatic N) is 3. The Morgan fingerprint density at radius 2 is 1.91 bits per heavy atom. The van der Waals surface area contributed by atoms with E-state index in [4.69, 9.17) is 20.8 Å². The summed E-state index contributed by atoms with van der Waals surface area (Å²) in [7, 11) is 1.64. The second-order valence-corrected chi connectivity index (χ2v) is 7.84. The molecular weight excluding hydrogens is 430 g/mol. The molecule has 2 atom stereocenters. The number of aromatic nitrogens is 3. The number of hydrogen-bond acceptors (Lipinski definition) is 6. The molecule has 2 unspecified atom stereocenters. The number of halogens is 1. The van der Waals surface area contributed by atoms with Crippen molar-refractivity contribution in [2.45, 2.75) is 18.5 Å². The van der Waals surface area contributed by atoms with Crippen LogP contribution in [0.3, 0.4) is 0 Å². The normalized spacial score (nSPS) is 17.3. The summed E-state index contributed by atoms with van der Waals surface area (Å²) in [6, 6.07) is 18.7. The van der Waals surface area contributed by atoms with Crippen molar-refractivity contribution < 1.29 is 13.9 Å². The maximum Gasteiger partial charge on any atom is 0.293 e. The van der Waals surface area contributed by atoms with Crippen LogP contribution in [0.4, 0.5) is 11.9 Å². The van der Waals surface area contributed by atoms with Gasteiger partial charge in [0.2, 0.25) is 5.95 Å². The van der Waals surface area contributed by atoms with Gasteiger partial charge in [0, 0.05) is 5.02 Å². The molecule has 8 nitrogen and oxygen atoms in total. The number of furan rings is 1. The molecule has 0 radical (unpaired) electrons. The van der Waals surface area contributed by atoms with Crippen molar-refractivity contribution in [1.29, 1.82) is 0 Å². The smallest absolute Gasteiger partial charge is 0.293 e. The van der Waals surface area contributed by atoms with Gasteiger partial charge in [-0.2, -0.15) is 4.98 Å². The predicted molar refractivity (Wildman–Crippen MR) is 120 cm³/mol. The molecule has 0 bridgehead atoms. The van der Waals surface area contributed by atoms with Crippen molar-refractivity contribution in [3.05, 3.63) is 88.8 Å². The minimum atomic E-state index is -0.410. The van der Waals surface area contributed by atoms with E-state index in [1.165, 1.54) is 6.26 Å². The quantitative estimate of drug-likeness (QED) is 0.448. The molecule has 32 heavy (non-hydrogen) atoms. The highest BCUT2D eigenvalue weighted by atomic mass is 35.5. The lowest BCUT2D eigenvalue weighted by atomic mass is 9.93. The van der Waals surface area contributed by atoms with Crippen molar-refractivity contribution in [2.75, 3.05) is 17.7 Å². The van der Waals surface area contributed by atoms with Gasteiger partial charge in [0.05, 0.1) is 25.5 Å². The number of carbonyl (C=O) groups excluding carboxylic acids is 1. The van der Waals surface area contributed by atoms with Crippen molar-refractivity contribution in [3.63, 3.8) is 0 Å². The maximum absolute atomic E-state index is 12.4. The van der Waals surface area contributed by atoms with E-state index < -0.39 is 5.91 Å². The number of carbonyl (C=O) groups is 1. The van der Waals surface area contributed by atoms with E-state index in [1.807, 2.05) is 48.5 Å². The van der Waals surface area contributed by atoms with Crippen LogP contribution in [0, 0.1) is 0 Å². The van der Waals surface area contributed by atoms with Gasteiger partial charge < -0.3 is 14.5 Å². The van der Waals surface area contributed by atoms with Crippen LogP contribution in [0.5, 0.6) is 5.75 Å². The molecule has 4 aromatic rings. The van der Waals surface area contributed by atoms with Crippen molar-refractivity contribution in [1.82, 2.24) is 14.8 Å². The molecular formula is C23H20ClN5O3. The molecule has 1 aliphatic rings. The van der Waals surface area contributed by atoms with Gasteiger partial charge in [-0.3, -0.25) is 10.1 Å². The molecule has 3 heterocycles. The average Bonchev–Trinajstić information content (AvgIpc) is 3.49. The molecule has 9 heteroatoms. The first-order valence-corrected chi connectivity index (χ1v) is 10.5. The van der Waals surface area contributed by atoms with Crippen molar-refractivity contribution in [3.8, 4) is 5.75 Å². The van der Waals surface area contributed by atoms with Gasteiger partial charge >= 0.3 is 0 Å². The topological polar surface area (TPSA) is 94.2 Å². The molecule has 162 valence electrons. The molecule has 5 rings (SSSR count). The highest BCUT2D eigenvalue weighted by molar-refractivity contribution is 6.30. The number of fused-ring (bicyclic) bond motifs is 1. The first-order chi connectivity index (χ1) is 15.6. The molecule has 0 fully saturated rings. The number of ether oxygens (including phenoxy) is 1. The summed E-state index contributed by atoms with van der Waals surface area (Å²) in [4.78, 5) is 16.9. The lowest BCUT2D eigenvalue weighted by molar-refractivity contribution is 0.0995. The highest BCUT2D eigenvalue weighted by Gasteiger charge is 2.31. The molecule has 2 N–H and O–H groups in total. The van der Waals surface area contributed by atoms with Crippen LogP contribution >= 0.6 is 11.6 Å². The fraction of sp³-hybridized carbons (Fsp3) is 0.174. The SMILES string of the molecule is COc1ccc(C2CC(c3ccc(Cl)cc3)n3nc(NC(=O)c4ccco4)nc3N2)cc1.